The number of nitrogens with two attached hydrogens (primary N) is 1. The van der Waals surface area contributed by atoms with Crippen molar-refractivity contribution < 1.29 is 8.42 Å². The standard InChI is InChI=1S/C16H22N2O2S/c17-8-7-10-1-5-13(6-2-10)21(19,20)18-16-14-11-3-4-12(9-11)15(14)16/h1-2,5-6,11-12,14-16,18H,3-4,7-9,17H2. The second kappa shape index (κ2) is 4.80. The van der Waals surface area contributed by atoms with Gasteiger partial charge < -0.3 is 5.73 Å². The van der Waals surface area contributed by atoms with Crippen LogP contribution < -0.4 is 10.5 Å². The van der Waals surface area contributed by atoms with Crippen LogP contribution in [-0.2, 0) is 16.4 Å². The maximum atomic E-state index is 12.5. The molecule has 0 aromatic heterocycles. The van der Waals surface area contributed by atoms with Crippen LogP contribution in [0.4, 0.5) is 0 Å². The Morgan fingerprint density at radius 3 is 2.29 bits per heavy atom. The van der Waals surface area contributed by atoms with Crippen molar-refractivity contribution in [1.82, 2.24) is 4.72 Å². The number of benzene rings is 1. The maximum absolute atomic E-state index is 12.5. The van der Waals surface area contributed by atoms with Gasteiger partial charge in [0.05, 0.1) is 4.90 Å². The lowest BCUT2D eigenvalue weighted by atomic mass is 10.0. The van der Waals surface area contributed by atoms with Gasteiger partial charge in [-0.05, 0) is 73.6 Å². The van der Waals surface area contributed by atoms with Gasteiger partial charge in [0.15, 0.2) is 0 Å². The minimum Gasteiger partial charge on any atom is -0.330 e. The first-order valence-electron chi connectivity index (χ1n) is 7.91. The molecule has 0 aliphatic heterocycles. The molecule has 4 nitrogen and oxygen atoms in total. The van der Waals surface area contributed by atoms with E-state index in [-0.39, 0.29) is 6.04 Å². The highest BCUT2D eigenvalue weighted by molar-refractivity contribution is 7.89. The summed E-state index contributed by atoms with van der Waals surface area (Å²) in [5, 5.41) is 0. The second-order valence-electron chi connectivity index (χ2n) is 6.82. The maximum Gasteiger partial charge on any atom is 0.240 e. The first kappa shape index (κ1) is 13.7. The summed E-state index contributed by atoms with van der Waals surface area (Å²) in [4.78, 5) is 0.376. The molecule has 0 radical (unpaired) electrons. The minimum absolute atomic E-state index is 0.199. The number of rotatable bonds is 5. The molecule has 5 heteroatoms. The molecule has 0 saturated heterocycles. The van der Waals surface area contributed by atoms with Gasteiger partial charge in [-0.3, -0.25) is 0 Å². The lowest BCUT2D eigenvalue weighted by molar-refractivity contribution is 0.456. The van der Waals surface area contributed by atoms with Crippen LogP contribution in [0.1, 0.15) is 24.8 Å². The van der Waals surface area contributed by atoms with Gasteiger partial charge in [-0.25, -0.2) is 13.1 Å². The molecule has 0 spiro atoms. The van der Waals surface area contributed by atoms with Gasteiger partial charge in [-0.2, -0.15) is 0 Å². The largest absolute Gasteiger partial charge is 0.330 e. The zero-order chi connectivity index (χ0) is 14.6. The van der Waals surface area contributed by atoms with E-state index in [2.05, 4.69) is 4.72 Å². The first-order chi connectivity index (χ1) is 10.1. The Morgan fingerprint density at radius 1 is 1.10 bits per heavy atom. The predicted molar refractivity (Wildman–Crippen MR) is 81.1 cm³/mol. The van der Waals surface area contributed by atoms with Gasteiger partial charge in [-0.1, -0.05) is 12.1 Å². The van der Waals surface area contributed by atoms with Crippen LogP contribution in [0.3, 0.4) is 0 Å². The molecule has 0 amide bonds. The van der Waals surface area contributed by atoms with Crippen molar-refractivity contribution in [3.8, 4) is 0 Å². The van der Waals surface area contributed by atoms with Crippen molar-refractivity contribution in [2.45, 2.75) is 36.6 Å². The first-order valence-corrected chi connectivity index (χ1v) is 9.40. The van der Waals surface area contributed by atoms with Gasteiger partial charge in [0.1, 0.15) is 0 Å². The fourth-order valence-electron chi connectivity index (χ4n) is 4.73. The van der Waals surface area contributed by atoms with Gasteiger partial charge in [0.2, 0.25) is 10.0 Å². The van der Waals surface area contributed by atoms with Gasteiger partial charge >= 0.3 is 0 Å². The van der Waals surface area contributed by atoms with E-state index in [4.69, 9.17) is 5.73 Å². The Bertz CT molecular complexity index is 625. The quantitative estimate of drug-likeness (QED) is 0.866. The minimum atomic E-state index is -3.37. The molecule has 0 heterocycles. The zero-order valence-electron chi connectivity index (χ0n) is 12.0. The fraction of sp³-hybridized carbons (Fsp3) is 0.625. The van der Waals surface area contributed by atoms with E-state index in [1.807, 2.05) is 12.1 Å². The van der Waals surface area contributed by atoms with E-state index in [1.54, 1.807) is 12.1 Å². The second-order valence-corrected chi connectivity index (χ2v) is 8.53. The molecule has 1 aromatic carbocycles. The van der Waals surface area contributed by atoms with E-state index in [9.17, 15) is 8.42 Å². The normalized spacial score (nSPS) is 36.7. The number of hydrogen-bond donors (Lipinski definition) is 2. The molecule has 3 aliphatic rings. The highest BCUT2D eigenvalue weighted by atomic mass is 32.2. The van der Waals surface area contributed by atoms with Crippen molar-refractivity contribution >= 4 is 10.0 Å². The average molecular weight is 306 g/mol. The number of fused-ring (bicyclic) bond motifs is 5. The Labute approximate surface area is 126 Å². The monoisotopic (exact) mass is 306 g/mol. The van der Waals surface area contributed by atoms with Crippen molar-refractivity contribution in [2.75, 3.05) is 6.54 Å². The van der Waals surface area contributed by atoms with Crippen LogP contribution >= 0.6 is 0 Å². The Balaban J connectivity index is 1.47. The third-order valence-electron chi connectivity index (χ3n) is 5.69. The lowest BCUT2D eigenvalue weighted by Crippen LogP contribution is -2.30. The number of nitrogens with one attached hydrogen (secondary N) is 1. The molecule has 1 aromatic rings. The third-order valence-corrected chi connectivity index (χ3v) is 7.17. The molecular formula is C16H22N2O2S. The molecule has 4 rings (SSSR count). The van der Waals surface area contributed by atoms with E-state index < -0.39 is 10.0 Å². The Morgan fingerprint density at radius 2 is 1.71 bits per heavy atom. The van der Waals surface area contributed by atoms with Crippen molar-refractivity contribution in [3.05, 3.63) is 29.8 Å². The summed E-state index contributed by atoms with van der Waals surface area (Å²) >= 11 is 0. The van der Waals surface area contributed by atoms with E-state index in [0.29, 0.717) is 23.3 Å². The van der Waals surface area contributed by atoms with E-state index in [1.165, 1.54) is 19.3 Å². The highest BCUT2D eigenvalue weighted by Gasteiger charge is 2.65. The van der Waals surface area contributed by atoms with Crippen LogP contribution in [0.2, 0.25) is 0 Å². The van der Waals surface area contributed by atoms with E-state index >= 15 is 0 Å². The summed E-state index contributed by atoms with van der Waals surface area (Å²) in [6, 6.07) is 7.31. The van der Waals surface area contributed by atoms with Crippen LogP contribution in [0.5, 0.6) is 0 Å². The smallest absolute Gasteiger partial charge is 0.240 e. The highest BCUT2D eigenvalue weighted by Crippen LogP contribution is 2.65. The predicted octanol–water partition coefficient (Wildman–Crippen LogP) is 1.51. The number of sulfonamides is 1. The molecule has 4 atom stereocenters. The third kappa shape index (κ3) is 2.22. The summed E-state index contributed by atoms with van der Waals surface area (Å²) in [6.45, 7) is 0.582. The van der Waals surface area contributed by atoms with Crippen LogP contribution in [0, 0.1) is 23.7 Å². The summed E-state index contributed by atoms with van der Waals surface area (Å²) in [5.74, 6) is 2.80. The van der Waals surface area contributed by atoms with Crippen LogP contribution in [0.15, 0.2) is 29.2 Å². The molecule has 2 bridgehead atoms. The summed E-state index contributed by atoms with van der Waals surface area (Å²) in [6.07, 6.45) is 4.72. The van der Waals surface area contributed by atoms with Crippen molar-refractivity contribution in [2.24, 2.45) is 29.4 Å². The molecule has 3 fully saturated rings. The SMILES string of the molecule is NCCc1ccc(S(=O)(=O)NC2C3C4CCC(C4)C23)cc1. The van der Waals surface area contributed by atoms with Gasteiger partial charge in [0.25, 0.3) is 0 Å². The van der Waals surface area contributed by atoms with Crippen molar-refractivity contribution in [1.29, 1.82) is 0 Å². The van der Waals surface area contributed by atoms with Gasteiger partial charge in [-0.15, -0.1) is 0 Å². The molecule has 21 heavy (non-hydrogen) atoms. The molecule has 3 saturated carbocycles. The summed E-state index contributed by atoms with van der Waals surface area (Å²) < 4.78 is 27.9. The van der Waals surface area contributed by atoms with Gasteiger partial charge in [0, 0.05) is 6.04 Å². The van der Waals surface area contributed by atoms with Crippen LogP contribution in [-0.4, -0.2) is 21.0 Å². The zero-order valence-corrected chi connectivity index (χ0v) is 12.9. The fourth-order valence-corrected chi connectivity index (χ4v) is 6.04. The summed E-state index contributed by atoms with van der Waals surface area (Å²) in [7, 11) is -3.37. The average Bonchev–Trinajstić information content (AvgIpc) is 2.85. The molecule has 114 valence electrons. The number of hydrogen-bond acceptors (Lipinski definition) is 3. The molecule has 3 aliphatic carbocycles. The topological polar surface area (TPSA) is 72.2 Å². The van der Waals surface area contributed by atoms with Crippen LogP contribution in [0.25, 0.3) is 0 Å². The Hall–Kier alpha value is -0.910. The Kier molecular flexibility index (Phi) is 3.14. The van der Waals surface area contributed by atoms with Crippen molar-refractivity contribution in [3.63, 3.8) is 0 Å². The molecular weight excluding hydrogens is 284 g/mol. The van der Waals surface area contributed by atoms with E-state index in [0.717, 1.165) is 23.8 Å². The molecule has 3 N–H and O–H groups in total. The molecule has 4 unspecified atom stereocenters. The lowest BCUT2D eigenvalue weighted by Gasteiger charge is -2.11. The summed E-state index contributed by atoms with van der Waals surface area (Å²) in [5.41, 5.74) is 6.59.